The highest BCUT2D eigenvalue weighted by molar-refractivity contribution is 6.07. The molecule has 1 aromatic heterocycles. The van der Waals surface area contributed by atoms with Crippen molar-refractivity contribution in [2.75, 3.05) is 5.32 Å². The number of ether oxygens (including phenoxy) is 1. The number of carbonyl (C=O) groups excluding carboxylic acids is 3. The molecule has 2 aromatic carbocycles. The van der Waals surface area contributed by atoms with Gasteiger partial charge in [-0.05, 0) is 30.7 Å². The second-order valence-corrected chi connectivity index (χ2v) is 6.01. The normalized spacial score (nSPS) is 11.5. The van der Waals surface area contributed by atoms with Crippen LogP contribution in [0.25, 0.3) is 0 Å². The van der Waals surface area contributed by atoms with Crippen LogP contribution in [0, 0.1) is 0 Å². The Morgan fingerprint density at radius 3 is 2.36 bits per heavy atom. The molecule has 142 valence electrons. The molecule has 1 heterocycles. The number of nitrogens with one attached hydrogen (secondary N) is 1. The van der Waals surface area contributed by atoms with Crippen LogP contribution in [0.5, 0.6) is 0 Å². The number of benzene rings is 2. The fourth-order valence-corrected chi connectivity index (χ4v) is 2.67. The van der Waals surface area contributed by atoms with Gasteiger partial charge in [-0.3, -0.25) is 9.59 Å². The Hall–Kier alpha value is -3.67. The van der Waals surface area contributed by atoms with E-state index in [0.29, 0.717) is 12.0 Å². The molecule has 3 rings (SSSR count). The number of esters is 1. The SMILES string of the molecule is CC[C@@H](OC(=O)c1ccccc1NC(=O)c1ccco1)C(=O)c1ccccc1. The molecule has 6 heteroatoms. The molecule has 0 saturated heterocycles. The lowest BCUT2D eigenvalue weighted by Gasteiger charge is -2.16. The molecule has 0 bridgehead atoms. The molecule has 0 unspecified atom stereocenters. The number of para-hydroxylation sites is 1. The Labute approximate surface area is 162 Å². The Bertz CT molecular complexity index is 964. The summed E-state index contributed by atoms with van der Waals surface area (Å²) in [7, 11) is 0. The number of furan rings is 1. The highest BCUT2D eigenvalue weighted by Crippen LogP contribution is 2.20. The molecule has 0 fully saturated rings. The van der Waals surface area contributed by atoms with Gasteiger partial charge in [0, 0.05) is 5.56 Å². The van der Waals surface area contributed by atoms with Crippen LogP contribution in [-0.4, -0.2) is 23.8 Å². The summed E-state index contributed by atoms with van der Waals surface area (Å²) in [5.41, 5.74) is 0.902. The quantitative estimate of drug-likeness (QED) is 0.489. The summed E-state index contributed by atoms with van der Waals surface area (Å²) in [5, 5.41) is 2.63. The first-order valence-electron chi connectivity index (χ1n) is 8.84. The van der Waals surface area contributed by atoms with Crippen molar-refractivity contribution in [3.8, 4) is 0 Å². The van der Waals surface area contributed by atoms with E-state index in [9.17, 15) is 14.4 Å². The van der Waals surface area contributed by atoms with Gasteiger partial charge in [0.2, 0.25) is 5.78 Å². The lowest BCUT2D eigenvalue weighted by Crippen LogP contribution is -2.27. The van der Waals surface area contributed by atoms with Crippen molar-refractivity contribution >= 4 is 23.3 Å². The molecule has 28 heavy (non-hydrogen) atoms. The first kappa shape index (κ1) is 19.1. The smallest absolute Gasteiger partial charge is 0.340 e. The first-order valence-corrected chi connectivity index (χ1v) is 8.84. The number of anilines is 1. The molecule has 3 aromatic rings. The summed E-state index contributed by atoms with van der Waals surface area (Å²) in [6.07, 6.45) is 0.806. The zero-order valence-corrected chi connectivity index (χ0v) is 15.3. The molecule has 0 aliphatic carbocycles. The Morgan fingerprint density at radius 1 is 0.964 bits per heavy atom. The molecular formula is C22H19NO5. The number of Topliss-reactive ketones (excluding diaryl/α,β-unsaturated/α-hetero) is 1. The highest BCUT2D eigenvalue weighted by Gasteiger charge is 2.25. The third kappa shape index (κ3) is 4.35. The van der Waals surface area contributed by atoms with Crippen LogP contribution in [0.15, 0.2) is 77.4 Å². The van der Waals surface area contributed by atoms with Crippen LogP contribution in [0.4, 0.5) is 5.69 Å². The zero-order chi connectivity index (χ0) is 19.9. The summed E-state index contributed by atoms with van der Waals surface area (Å²) in [4.78, 5) is 37.5. The number of hydrogen-bond acceptors (Lipinski definition) is 5. The van der Waals surface area contributed by atoms with Crippen LogP contribution < -0.4 is 5.32 Å². The molecule has 0 radical (unpaired) electrons. The average Bonchev–Trinajstić information content (AvgIpc) is 3.27. The predicted octanol–water partition coefficient (Wildman–Crippen LogP) is 4.35. The molecule has 1 N–H and O–H groups in total. The van der Waals surface area contributed by atoms with Gasteiger partial charge >= 0.3 is 5.97 Å². The van der Waals surface area contributed by atoms with Gasteiger partial charge < -0.3 is 14.5 Å². The van der Waals surface area contributed by atoms with Crippen molar-refractivity contribution < 1.29 is 23.5 Å². The number of amides is 1. The van der Waals surface area contributed by atoms with Gasteiger partial charge in [0.25, 0.3) is 5.91 Å². The highest BCUT2D eigenvalue weighted by atomic mass is 16.5. The van der Waals surface area contributed by atoms with Crippen LogP contribution in [-0.2, 0) is 4.74 Å². The fourth-order valence-electron chi connectivity index (χ4n) is 2.67. The standard InChI is InChI=1S/C22H19NO5/c1-2-18(20(24)15-9-4-3-5-10-15)28-22(26)16-11-6-7-12-17(16)23-21(25)19-13-8-14-27-19/h3-14,18H,2H2,1H3,(H,23,25)/t18-/m1/s1. The molecule has 0 aliphatic rings. The lowest BCUT2D eigenvalue weighted by atomic mass is 10.0. The lowest BCUT2D eigenvalue weighted by molar-refractivity contribution is 0.0278. The predicted molar refractivity (Wildman–Crippen MR) is 103 cm³/mol. The summed E-state index contributed by atoms with van der Waals surface area (Å²) < 4.78 is 10.5. The molecule has 0 aliphatic heterocycles. The van der Waals surface area contributed by atoms with E-state index in [4.69, 9.17) is 9.15 Å². The van der Waals surface area contributed by atoms with E-state index in [1.807, 2.05) is 6.07 Å². The van der Waals surface area contributed by atoms with E-state index >= 15 is 0 Å². The third-order valence-corrected chi connectivity index (χ3v) is 4.11. The van der Waals surface area contributed by atoms with E-state index in [2.05, 4.69) is 5.32 Å². The average molecular weight is 377 g/mol. The van der Waals surface area contributed by atoms with Gasteiger partial charge in [-0.2, -0.15) is 0 Å². The fraction of sp³-hybridized carbons (Fsp3) is 0.136. The number of carbonyl (C=O) groups is 3. The maximum atomic E-state index is 12.7. The van der Waals surface area contributed by atoms with Crippen molar-refractivity contribution in [2.24, 2.45) is 0 Å². The minimum atomic E-state index is -0.913. The van der Waals surface area contributed by atoms with Crippen LogP contribution >= 0.6 is 0 Å². The zero-order valence-electron chi connectivity index (χ0n) is 15.3. The van der Waals surface area contributed by atoms with Crippen molar-refractivity contribution in [3.05, 3.63) is 89.9 Å². The molecule has 0 spiro atoms. The molecule has 0 saturated carbocycles. The van der Waals surface area contributed by atoms with Crippen molar-refractivity contribution in [2.45, 2.75) is 19.4 Å². The second-order valence-electron chi connectivity index (χ2n) is 6.01. The maximum Gasteiger partial charge on any atom is 0.340 e. The van der Waals surface area contributed by atoms with Gasteiger partial charge in [0.05, 0.1) is 17.5 Å². The van der Waals surface area contributed by atoms with E-state index in [-0.39, 0.29) is 22.8 Å². The molecular weight excluding hydrogens is 358 g/mol. The Morgan fingerprint density at radius 2 is 1.68 bits per heavy atom. The topological polar surface area (TPSA) is 85.6 Å². The maximum absolute atomic E-state index is 12.7. The minimum absolute atomic E-state index is 0.119. The van der Waals surface area contributed by atoms with E-state index in [1.54, 1.807) is 55.5 Å². The number of hydrogen-bond donors (Lipinski definition) is 1. The largest absolute Gasteiger partial charge is 0.459 e. The molecule has 6 nitrogen and oxygen atoms in total. The Balaban J connectivity index is 1.76. The summed E-state index contributed by atoms with van der Waals surface area (Å²) in [6.45, 7) is 1.77. The van der Waals surface area contributed by atoms with Crippen molar-refractivity contribution in [1.29, 1.82) is 0 Å². The number of ketones is 1. The van der Waals surface area contributed by atoms with E-state index in [0.717, 1.165) is 0 Å². The van der Waals surface area contributed by atoms with Gasteiger partial charge in [-0.1, -0.05) is 49.4 Å². The molecule has 1 amide bonds. The third-order valence-electron chi connectivity index (χ3n) is 4.11. The summed E-state index contributed by atoms with van der Waals surface area (Å²) in [6, 6.07) is 18.2. The van der Waals surface area contributed by atoms with Crippen molar-refractivity contribution in [1.82, 2.24) is 0 Å². The van der Waals surface area contributed by atoms with Crippen molar-refractivity contribution in [3.63, 3.8) is 0 Å². The van der Waals surface area contributed by atoms with Crippen LogP contribution in [0.2, 0.25) is 0 Å². The summed E-state index contributed by atoms with van der Waals surface area (Å²) in [5.74, 6) is -1.33. The second kappa shape index (κ2) is 8.81. The van der Waals surface area contributed by atoms with Gasteiger partial charge in [-0.25, -0.2) is 4.79 Å². The Kier molecular flexibility index (Phi) is 6.01. The van der Waals surface area contributed by atoms with Gasteiger partial charge in [0.1, 0.15) is 0 Å². The van der Waals surface area contributed by atoms with Gasteiger partial charge in [0.15, 0.2) is 11.9 Å². The van der Waals surface area contributed by atoms with Crippen LogP contribution in [0.1, 0.15) is 44.6 Å². The van der Waals surface area contributed by atoms with E-state index < -0.39 is 18.0 Å². The monoisotopic (exact) mass is 377 g/mol. The summed E-state index contributed by atoms with van der Waals surface area (Å²) >= 11 is 0. The van der Waals surface area contributed by atoms with E-state index in [1.165, 1.54) is 18.4 Å². The first-order chi connectivity index (χ1) is 13.6. The molecule has 1 atom stereocenters. The minimum Gasteiger partial charge on any atom is -0.459 e. The number of rotatable bonds is 7. The van der Waals surface area contributed by atoms with Gasteiger partial charge in [-0.15, -0.1) is 0 Å². The van der Waals surface area contributed by atoms with Crippen LogP contribution in [0.3, 0.4) is 0 Å².